The van der Waals surface area contributed by atoms with Gasteiger partial charge in [0.25, 0.3) is 0 Å². The van der Waals surface area contributed by atoms with Crippen molar-refractivity contribution in [2.24, 2.45) is 11.8 Å². The molecule has 168 valence electrons. The number of imide groups is 1. The van der Waals surface area contributed by atoms with Crippen molar-refractivity contribution in [2.45, 2.75) is 37.9 Å². The molecule has 2 amide bonds. The molecule has 2 saturated heterocycles. The zero-order chi connectivity index (χ0) is 23.6. The van der Waals surface area contributed by atoms with Crippen molar-refractivity contribution < 1.29 is 19.5 Å². The van der Waals surface area contributed by atoms with Crippen LogP contribution in [0, 0.1) is 11.8 Å². The van der Waals surface area contributed by atoms with Crippen molar-refractivity contribution in [3.05, 3.63) is 68.7 Å². The van der Waals surface area contributed by atoms with Crippen LogP contribution in [0.25, 0.3) is 0 Å². The van der Waals surface area contributed by atoms with Gasteiger partial charge in [-0.05, 0) is 44.0 Å². The van der Waals surface area contributed by atoms with E-state index in [1.54, 1.807) is 57.2 Å². The van der Waals surface area contributed by atoms with Crippen LogP contribution in [-0.4, -0.2) is 33.3 Å². The lowest BCUT2D eigenvalue weighted by atomic mass is 9.75. The Morgan fingerprint density at radius 3 is 2.25 bits per heavy atom. The van der Waals surface area contributed by atoms with E-state index in [4.69, 9.17) is 34.8 Å². The van der Waals surface area contributed by atoms with E-state index in [0.29, 0.717) is 11.1 Å². The Bertz CT molecular complexity index is 1130. The fourth-order valence-corrected chi connectivity index (χ4v) is 5.66. The number of carboxylic acids is 1. The monoisotopic (exact) mass is 494 g/mol. The molecule has 0 saturated carbocycles. The molecular weight excluding hydrogens is 475 g/mol. The SMILES string of the molecule is CC(C)(C)N1C(=O)C2C(c3cc(Cl)cc(Cl)c3Cl)NC(C(=O)O)(c3ccccc3)C2C1=O. The van der Waals surface area contributed by atoms with Crippen LogP contribution in [0.1, 0.15) is 37.9 Å². The van der Waals surface area contributed by atoms with Gasteiger partial charge in [-0.3, -0.25) is 19.8 Å². The molecule has 0 bridgehead atoms. The summed E-state index contributed by atoms with van der Waals surface area (Å²) in [6.07, 6.45) is 0. The molecule has 4 atom stereocenters. The molecule has 2 aromatic rings. The number of hydrogen-bond acceptors (Lipinski definition) is 4. The molecular formula is C23H21Cl3N2O4. The maximum atomic E-state index is 13.6. The van der Waals surface area contributed by atoms with Gasteiger partial charge in [-0.15, -0.1) is 0 Å². The van der Waals surface area contributed by atoms with Crippen molar-refractivity contribution in [3.63, 3.8) is 0 Å². The van der Waals surface area contributed by atoms with E-state index in [0.717, 1.165) is 4.90 Å². The molecule has 0 radical (unpaired) electrons. The summed E-state index contributed by atoms with van der Waals surface area (Å²) in [5.74, 6) is -4.46. The Morgan fingerprint density at radius 2 is 1.69 bits per heavy atom. The molecule has 2 aliphatic heterocycles. The van der Waals surface area contributed by atoms with Crippen molar-refractivity contribution in [1.29, 1.82) is 0 Å². The average molecular weight is 496 g/mol. The standard InChI is InChI=1S/C23H21Cl3N2O4/c1-22(2,3)28-19(29)15-16(20(28)30)23(21(31)32,11-7-5-4-6-8-11)27-18(15)13-9-12(24)10-14(25)17(13)26/h4-10,15-16,18,27H,1-3H3,(H,31,32). The lowest BCUT2D eigenvalue weighted by molar-refractivity contribution is -0.154. The van der Waals surface area contributed by atoms with Crippen molar-refractivity contribution in [3.8, 4) is 0 Å². The number of nitrogens with zero attached hydrogens (tertiary/aromatic N) is 1. The molecule has 32 heavy (non-hydrogen) atoms. The molecule has 6 nitrogen and oxygen atoms in total. The number of halogens is 3. The summed E-state index contributed by atoms with van der Waals surface area (Å²) in [5, 5.41) is 14.2. The highest BCUT2D eigenvalue weighted by Gasteiger charge is 2.70. The fraction of sp³-hybridized carbons (Fsp3) is 0.348. The van der Waals surface area contributed by atoms with Gasteiger partial charge >= 0.3 is 5.97 Å². The van der Waals surface area contributed by atoms with Crippen molar-refractivity contribution >= 4 is 52.6 Å². The van der Waals surface area contributed by atoms with Gasteiger partial charge < -0.3 is 5.11 Å². The lowest BCUT2D eigenvalue weighted by Crippen LogP contribution is -2.55. The number of aliphatic carboxylic acids is 1. The van der Waals surface area contributed by atoms with Gasteiger partial charge in [0, 0.05) is 16.6 Å². The summed E-state index contributed by atoms with van der Waals surface area (Å²) in [6.45, 7) is 5.21. The number of amides is 2. The highest BCUT2D eigenvalue weighted by molar-refractivity contribution is 6.43. The van der Waals surface area contributed by atoms with Gasteiger partial charge in [0.05, 0.1) is 21.9 Å². The number of carbonyl (C=O) groups excluding carboxylic acids is 2. The lowest BCUT2D eigenvalue weighted by Gasteiger charge is -2.35. The minimum atomic E-state index is -1.85. The number of likely N-dealkylation sites (tertiary alicyclic amines) is 1. The molecule has 2 aliphatic rings. The van der Waals surface area contributed by atoms with E-state index in [2.05, 4.69) is 5.32 Å². The highest BCUT2D eigenvalue weighted by atomic mass is 35.5. The largest absolute Gasteiger partial charge is 0.480 e. The third-order valence-corrected chi connectivity index (χ3v) is 7.19. The summed E-state index contributed by atoms with van der Waals surface area (Å²) >= 11 is 18.9. The molecule has 2 heterocycles. The first-order valence-electron chi connectivity index (χ1n) is 10.00. The van der Waals surface area contributed by atoms with E-state index in [9.17, 15) is 19.5 Å². The minimum Gasteiger partial charge on any atom is -0.480 e. The number of rotatable bonds is 3. The Kier molecular flexibility index (Phi) is 5.57. The summed E-state index contributed by atoms with van der Waals surface area (Å²) in [4.78, 5) is 41.3. The third kappa shape index (κ3) is 3.24. The number of fused-ring (bicyclic) bond motifs is 1. The van der Waals surface area contributed by atoms with Gasteiger partial charge in [0.15, 0.2) is 5.54 Å². The molecule has 0 aromatic heterocycles. The Morgan fingerprint density at radius 1 is 1.06 bits per heavy atom. The molecule has 2 N–H and O–H groups in total. The third-order valence-electron chi connectivity index (χ3n) is 6.15. The highest BCUT2D eigenvalue weighted by Crippen LogP contribution is 2.55. The van der Waals surface area contributed by atoms with Crippen molar-refractivity contribution in [2.75, 3.05) is 0 Å². The van der Waals surface area contributed by atoms with Crippen LogP contribution in [-0.2, 0) is 19.9 Å². The first-order valence-corrected chi connectivity index (χ1v) is 11.1. The average Bonchev–Trinajstić information content (AvgIpc) is 3.20. The molecule has 9 heteroatoms. The first-order chi connectivity index (χ1) is 14.9. The number of nitrogens with one attached hydrogen (secondary N) is 1. The second-order valence-electron chi connectivity index (χ2n) is 9.08. The van der Waals surface area contributed by atoms with Gasteiger partial charge in [-0.25, -0.2) is 4.79 Å². The molecule has 4 rings (SSSR count). The molecule has 0 spiro atoms. The van der Waals surface area contributed by atoms with Crippen LogP contribution in [0.15, 0.2) is 42.5 Å². The maximum Gasteiger partial charge on any atom is 0.329 e. The zero-order valence-corrected chi connectivity index (χ0v) is 19.8. The predicted octanol–water partition coefficient (Wildman–Crippen LogP) is 4.67. The molecule has 4 unspecified atom stereocenters. The van der Waals surface area contributed by atoms with Gasteiger partial charge in [0.1, 0.15) is 0 Å². The summed E-state index contributed by atoms with van der Waals surface area (Å²) < 4.78 is 0. The zero-order valence-electron chi connectivity index (χ0n) is 17.5. The Hall–Kier alpha value is -2.12. The maximum absolute atomic E-state index is 13.6. The Labute approximate surface area is 200 Å². The van der Waals surface area contributed by atoms with E-state index >= 15 is 0 Å². The number of hydrogen-bond donors (Lipinski definition) is 2. The predicted molar refractivity (Wildman–Crippen MR) is 122 cm³/mol. The van der Waals surface area contributed by atoms with E-state index < -0.39 is 46.7 Å². The second-order valence-corrected chi connectivity index (χ2v) is 10.3. The van der Waals surface area contributed by atoms with Crippen molar-refractivity contribution in [1.82, 2.24) is 10.2 Å². The van der Waals surface area contributed by atoms with E-state index in [1.165, 1.54) is 6.07 Å². The fourth-order valence-electron chi connectivity index (χ4n) is 4.92. The summed E-state index contributed by atoms with van der Waals surface area (Å²) in [6, 6.07) is 10.5. The number of carboxylic acid groups (broad SMARTS) is 1. The summed E-state index contributed by atoms with van der Waals surface area (Å²) in [7, 11) is 0. The molecule has 0 aliphatic carbocycles. The van der Waals surface area contributed by atoms with Gasteiger partial charge in [-0.1, -0.05) is 65.1 Å². The van der Waals surface area contributed by atoms with Crippen LogP contribution < -0.4 is 5.32 Å². The first kappa shape index (κ1) is 23.1. The summed E-state index contributed by atoms with van der Waals surface area (Å²) in [5.41, 5.74) is -1.94. The van der Waals surface area contributed by atoms with Crippen LogP contribution in [0.5, 0.6) is 0 Å². The number of carbonyl (C=O) groups is 3. The quantitative estimate of drug-likeness (QED) is 0.477. The van der Waals surface area contributed by atoms with Crippen LogP contribution in [0.2, 0.25) is 15.1 Å². The molecule has 2 fully saturated rings. The van der Waals surface area contributed by atoms with Gasteiger partial charge in [-0.2, -0.15) is 0 Å². The minimum absolute atomic E-state index is 0.149. The second kappa shape index (κ2) is 7.73. The Balaban J connectivity index is 2.00. The normalized spacial score (nSPS) is 27.7. The van der Waals surface area contributed by atoms with Crippen LogP contribution in [0.4, 0.5) is 0 Å². The van der Waals surface area contributed by atoms with Gasteiger partial charge in [0.2, 0.25) is 11.8 Å². The smallest absolute Gasteiger partial charge is 0.329 e. The topological polar surface area (TPSA) is 86.7 Å². The van der Waals surface area contributed by atoms with E-state index in [-0.39, 0.29) is 15.1 Å². The number of benzene rings is 2. The molecule has 2 aromatic carbocycles. The van der Waals surface area contributed by atoms with Crippen LogP contribution in [0.3, 0.4) is 0 Å². The van der Waals surface area contributed by atoms with Crippen LogP contribution >= 0.6 is 34.8 Å². The van der Waals surface area contributed by atoms with E-state index in [1.807, 2.05) is 0 Å².